The highest BCUT2D eigenvalue weighted by Crippen LogP contribution is 2.24. The zero-order chi connectivity index (χ0) is 16.4. The Kier molecular flexibility index (Phi) is 4.63. The Morgan fingerprint density at radius 1 is 1.48 bits per heavy atom. The molecule has 0 spiro atoms. The molecule has 6 heteroatoms. The fourth-order valence-electron chi connectivity index (χ4n) is 3.06. The van der Waals surface area contributed by atoms with Crippen LogP contribution in [0.1, 0.15) is 18.2 Å². The van der Waals surface area contributed by atoms with E-state index in [2.05, 4.69) is 10.3 Å². The van der Waals surface area contributed by atoms with Crippen LogP contribution in [0.4, 0.5) is 4.39 Å². The van der Waals surface area contributed by atoms with Crippen LogP contribution >= 0.6 is 0 Å². The first kappa shape index (κ1) is 16.0. The molecule has 1 fully saturated rings. The summed E-state index contributed by atoms with van der Waals surface area (Å²) in [6.45, 7) is 5.31. The van der Waals surface area contributed by atoms with Crippen molar-refractivity contribution in [2.24, 2.45) is 0 Å². The van der Waals surface area contributed by atoms with Crippen LogP contribution in [0, 0.1) is 12.7 Å². The summed E-state index contributed by atoms with van der Waals surface area (Å²) in [6, 6.07) is 4.75. The van der Waals surface area contributed by atoms with Crippen molar-refractivity contribution >= 4 is 16.8 Å². The molecular formula is C17H21FN2O3. The lowest BCUT2D eigenvalue weighted by atomic mass is 10.1. The highest BCUT2D eigenvalue weighted by molar-refractivity contribution is 5.90. The molecule has 1 aliphatic heterocycles. The highest BCUT2D eigenvalue weighted by Gasteiger charge is 2.30. The molecule has 23 heavy (non-hydrogen) atoms. The Balaban J connectivity index is 1.73. The van der Waals surface area contributed by atoms with E-state index in [1.54, 1.807) is 6.07 Å². The molecule has 1 saturated heterocycles. The summed E-state index contributed by atoms with van der Waals surface area (Å²) >= 11 is 0. The van der Waals surface area contributed by atoms with Gasteiger partial charge in [0.25, 0.3) is 0 Å². The van der Waals surface area contributed by atoms with E-state index in [1.165, 1.54) is 6.07 Å². The molecule has 2 N–H and O–H groups in total. The van der Waals surface area contributed by atoms with Gasteiger partial charge < -0.3 is 19.8 Å². The second-order valence-corrected chi connectivity index (χ2v) is 5.77. The number of para-hydroxylation sites is 1. The molecule has 0 saturated carbocycles. The molecule has 1 amide bonds. The van der Waals surface area contributed by atoms with Crippen LogP contribution in [0.3, 0.4) is 0 Å². The fraction of sp³-hybridized carbons (Fsp3) is 0.471. The molecule has 2 atom stereocenters. The first-order valence-electron chi connectivity index (χ1n) is 7.84. The molecule has 0 unspecified atom stereocenters. The van der Waals surface area contributed by atoms with E-state index in [-0.39, 0.29) is 30.3 Å². The Morgan fingerprint density at radius 2 is 2.30 bits per heavy atom. The molecule has 2 heterocycles. The van der Waals surface area contributed by atoms with Crippen LogP contribution in [0.5, 0.6) is 0 Å². The first-order valence-corrected chi connectivity index (χ1v) is 7.84. The summed E-state index contributed by atoms with van der Waals surface area (Å²) in [7, 11) is 0. The van der Waals surface area contributed by atoms with Crippen molar-refractivity contribution in [2.75, 3.05) is 19.8 Å². The van der Waals surface area contributed by atoms with Crippen molar-refractivity contribution in [2.45, 2.75) is 32.4 Å². The van der Waals surface area contributed by atoms with Gasteiger partial charge in [-0.1, -0.05) is 12.1 Å². The number of rotatable bonds is 5. The number of fused-ring (bicyclic) bond motifs is 1. The second-order valence-electron chi connectivity index (χ2n) is 5.77. The van der Waals surface area contributed by atoms with Crippen LogP contribution in [0.25, 0.3) is 10.9 Å². The van der Waals surface area contributed by atoms with Gasteiger partial charge in [-0.3, -0.25) is 4.79 Å². The molecule has 1 aromatic heterocycles. The first-order chi connectivity index (χ1) is 11.1. The third-order valence-electron chi connectivity index (χ3n) is 4.20. The highest BCUT2D eigenvalue weighted by atomic mass is 19.1. The standard InChI is InChI=1S/C17H21FN2O3/c1-3-23-15-9-22-8-14(15)20-16(21)7-12-10(2)19-17-11(12)5-4-6-13(17)18/h4-6,14-15,19H,3,7-9H2,1-2H3,(H,20,21)/t14-,15-/m1/s1. The number of aromatic amines is 1. The maximum atomic E-state index is 13.8. The SMILES string of the molecule is CCO[C@@H]1COC[C@H]1NC(=O)Cc1c(C)[nH]c2c(F)cccc12. The molecule has 3 rings (SSSR count). The number of hydrogen-bond donors (Lipinski definition) is 2. The van der Waals surface area contributed by atoms with E-state index in [1.807, 2.05) is 19.9 Å². The molecule has 5 nitrogen and oxygen atoms in total. The minimum absolute atomic E-state index is 0.106. The summed E-state index contributed by atoms with van der Waals surface area (Å²) in [5.74, 6) is -0.420. The fourth-order valence-corrected chi connectivity index (χ4v) is 3.06. The van der Waals surface area contributed by atoms with Crippen molar-refractivity contribution in [1.82, 2.24) is 10.3 Å². The second kappa shape index (κ2) is 6.68. The van der Waals surface area contributed by atoms with Gasteiger partial charge in [-0.05, 0) is 25.5 Å². The van der Waals surface area contributed by atoms with E-state index in [4.69, 9.17) is 9.47 Å². The number of aryl methyl sites for hydroxylation is 1. The summed E-state index contributed by atoms with van der Waals surface area (Å²) in [4.78, 5) is 15.4. The molecule has 1 aliphatic rings. The van der Waals surface area contributed by atoms with E-state index in [0.717, 1.165) is 16.6 Å². The average Bonchev–Trinajstić information content (AvgIpc) is 3.07. The largest absolute Gasteiger partial charge is 0.376 e. The van der Waals surface area contributed by atoms with Gasteiger partial charge in [0.15, 0.2) is 0 Å². The van der Waals surface area contributed by atoms with Crippen molar-refractivity contribution in [3.8, 4) is 0 Å². The molecule has 1 aromatic carbocycles. The number of benzene rings is 1. The smallest absolute Gasteiger partial charge is 0.224 e. The minimum atomic E-state index is -0.308. The third-order valence-corrected chi connectivity index (χ3v) is 4.20. The third kappa shape index (κ3) is 3.23. The molecule has 2 aromatic rings. The lowest BCUT2D eigenvalue weighted by Gasteiger charge is -2.18. The number of ether oxygens (including phenoxy) is 2. The Labute approximate surface area is 134 Å². The molecule has 0 aliphatic carbocycles. The molecule has 0 bridgehead atoms. The predicted octanol–water partition coefficient (Wildman–Crippen LogP) is 2.08. The molecule has 124 valence electrons. The van der Waals surface area contributed by atoms with Gasteiger partial charge in [-0.25, -0.2) is 4.39 Å². The summed E-state index contributed by atoms with van der Waals surface area (Å²) in [5, 5.41) is 3.71. The summed E-state index contributed by atoms with van der Waals surface area (Å²) in [6.07, 6.45) is 0.0930. The number of aromatic nitrogens is 1. The maximum Gasteiger partial charge on any atom is 0.224 e. The lowest BCUT2D eigenvalue weighted by Crippen LogP contribution is -2.44. The zero-order valence-corrected chi connectivity index (χ0v) is 13.3. The molecule has 0 radical (unpaired) electrons. The predicted molar refractivity (Wildman–Crippen MR) is 84.9 cm³/mol. The quantitative estimate of drug-likeness (QED) is 0.886. The van der Waals surface area contributed by atoms with Gasteiger partial charge >= 0.3 is 0 Å². The van der Waals surface area contributed by atoms with Gasteiger partial charge in [-0.2, -0.15) is 0 Å². The van der Waals surface area contributed by atoms with Gasteiger partial charge in [0.1, 0.15) is 11.9 Å². The normalized spacial score (nSPS) is 21.0. The van der Waals surface area contributed by atoms with E-state index >= 15 is 0 Å². The molecular weight excluding hydrogens is 299 g/mol. The van der Waals surface area contributed by atoms with Gasteiger partial charge in [0.2, 0.25) is 5.91 Å². The summed E-state index contributed by atoms with van der Waals surface area (Å²) < 4.78 is 24.8. The van der Waals surface area contributed by atoms with Crippen LogP contribution in [-0.2, 0) is 20.7 Å². The zero-order valence-electron chi connectivity index (χ0n) is 13.3. The number of halogens is 1. The Bertz CT molecular complexity index is 713. The number of nitrogens with one attached hydrogen (secondary N) is 2. The van der Waals surface area contributed by atoms with Crippen LogP contribution in [0.2, 0.25) is 0 Å². The van der Waals surface area contributed by atoms with Crippen LogP contribution in [0.15, 0.2) is 18.2 Å². The topological polar surface area (TPSA) is 63.4 Å². The average molecular weight is 320 g/mol. The van der Waals surface area contributed by atoms with Gasteiger partial charge in [0, 0.05) is 17.7 Å². The Morgan fingerprint density at radius 3 is 3.09 bits per heavy atom. The van der Waals surface area contributed by atoms with Crippen molar-refractivity contribution in [3.63, 3.8) is 0 Å². The number of carbonyl (C=O) groups is 1. The van der Waals surface area contributed by atoms with Gasteiger partial charge in [0.05, 0.1) is 31.2 Å². The van der Waals surface area contributed by atoms with Gasteiger partial charge in [-0.15, -0.1) is 0 Å². The Hall–Kier alpha value is -1.92. The number of H-pyrrole nitrogens is 1. The minimum Gasteiger partial charge on any atom is -0.376 e. The number of carbonyl (C=O) groups excluding carboxylic acids is 1. The number of amides is 1. The van der Waals surface area contributed by atoms with Crippen molar-refractivity contribution in [3.05, 3.63) is 35.3 Å². The lowest BCUT2D eigenvalue weighted by molar-refractivity contribution is -0.121. The van der Waals surface area contributed by atoms with E-state index in [0.29, 0.717) is 25.3 Å². The summed E-state index contributed by atoms with van der Waals surface area (Å²) in [5.41, 5.74) is 2.08. The van der Waals surface area contributed by atoms with Crippen molar-refractivity contribution < 1.29 is 18.7 Å². The van der Waals surface area contributed by atoms with E-state index in [9.17, 15) is 9.18 Å². The monoisotopic (exact) mass is 320 g/mol. The number of hydrogen-bond acceptors (Lipinski definition) is 3. The van der Waals surface area contributed by atoms with Crippen LogP contribution < -0.4 is 5.32 Å². The van der Waals surface area contributed by atoms with Crippen molar-refractivity contribution in [1.29, 1.82) is 0 Å². The van der Waals surface area contributed by atoms with Crippen LogP contribution in [-0.4, -0.2) is 42.9 Å². The van der Waals surface area contributed by atoms with E-state index < -0.39 is 0 Å². The maximum absolute atomic E-state index is 13.8.